The molecule has 0 aromatic heterocycles. The number of allylic oxidation sites excluding steroid dienone is 4. The van der Waals surface area contributed by atoms with Crippen molar-refractivity contribution < 1.29 is 14.4 Å². The number of hydrogen-bond donors (Lipinski definition) is 1. The van der Waals surface area contributed by atoms with Crippen LogP contribution in [-0.2, 0) is 27.3 Å². The molecule has 40 heavy (non-hydrogen) atoms. The van der Waals surface area contributed by atoms with Gasteiger partial charge in [-0.25, -0.2) is 5.01 Å². The first-order valence-electron chi connectivity index (χ1n) is 14.1. The standard InChI is InChI=1S/C24H30N4O3.C8H11N/c1-25-17-23(30)28-21(15-20-11-6-3-7-12-20)24(31)26(16-22(28)27(25)18-29)14-8-13-19-9-4-2-5-10-19;1-9-7-8-5-3-2-4-6-8/h2-4,6-7,9,11-12,18,21-22H,5,8,10,13-17H2,1H3;2-6,9H,7H2,1H3/t21-,22?;/m0./s1. The van der Waals surface area contributed by atoms with E-state index < -0.39 is 12.2 Å². The molecule has 2 aliphatic heterocycles. The summed E-state index contributed by atoms with van der Waals surface area (Å²) < 4.78 is 0. The van der Waals surface area contributed by atoms with Gasteiger partial charge in [-0.15, -0.1) is 0 Å². The van der Waals surface area contributed by atoms with Crippen LogP contribution < -0.4 is 5.32 Å². The van der Waals surface area contributed by atoms with Crippen LogP contribution in [0.2, 0.25) is 0 Å². The quantitative estimate of drug-likeness (QED) is 0.491. The topological polar surface area (TPSA) is 76.2 Å². The van der Waals surface area contributed by atoms with Crippen LogP contribution in [0.5, 0.6) is 0 Å². The highest BCUT2D eigenvalue weighted by molar-refractivity contribution is 5.91. The van der Waals surface area contributed by atoms with Crippen LogP contribution in [0.4, 0.5) is 0 Å². The van der Waals surface area contributed by atoms with Gasteiger partial charge in [-0.1, -0.05) is 84.5 Å². The van der Waals surface area contributed by atoms with Crippen LogP contribution in [0, 0.1) is 0 Å². The number of likely N-dealkylation sites (N-methyl/N-ethyl adjacent to an activating group) is 1. The molecule has 0 spiro atoms. The smallest absolute Gasteiger partial charge is 0.245 e. The first-order chi connectivity index (χ1) is 19.5. The Hall–Kier alpha value is -3.75. The lowest BCUT2D eigenvalue weighted by atomic mass is 9.97. The number of hydrazine groups is 1. The van der Waals surface area contributed by atoms with Crippen molar-refractivity contribution in [2.24, 2.45) is 0 Å². The highest BCUT2D eigenvalue weighted by Crippen LogP contribution is 2.27. The van der Waals surface area contributed by atoms with E-state index in [1.54, 1.807) is 22.0 Å². The number of carbonyl (C=O) groups is 3. The molecular formula is C32H41N5O3. The second-order valence-corrected chi connectivity index (χ2v) is 10.5. The van der Waals surface area contributed by atoms with Crippen LogP contribution >= 0.6 is 0 Å². The molecule has 212 valence electrons. The van der Waals surface area contributed by atoms with E-state index in [9.17, 15) is 14.4 Å². The summed E-state index contributed by atoms with van der Waals surface area (Å²) in [5.41, 5.74) is 3.75. The number of fused-ring (bicyclic) bond motifs is 1. The van der Waals surface area contributed by atoms with E-state index in [-0.39, 0.29) is 18.4 Å². The van der Waals surface area contributed by atoms with E-state index in [2.05, 4.69) is 35.7 Å². The SMILES string of the molecule is CN1CC(=O)N2C(CN(CCCC3=CC=CCC3)C(=O)[C@@H]2Cc2ccccc2)N1C=O.CNCc1ccccc1. The highest BCUT2D eigenvalue weighted by Gasteiger charge is 2.48. The fraction of sp³-hybridized carbons (Fsp3) is 0.406. The number of amides is 3. The molecule has 8 nitrogen and oxygen atoms in total. The first kappa shape index (κ1) is 29.2. The maximum atomic E-state index is 13.5. The Kier molecular flexibility index (Phi) is 10.7. The molecule has 0 radical (unpaired) electrons. The van der Waals surface area contributed by atoms with E-state index in [1.807, 2.05) is 60.5 Å². The Morgan fingerprint density at radius 2 is 1.70 bits per heavy atom. The van der Waals surface area contributed by atoms with Gasteiger partial charge < -0.3 is 15.1 Å². The number of nitrogens with zero attached hydrogens (tertiary/aromatic N) is 4. The summed E-state index contributed by atoms with van der Waals surface area (Å²) in [6.45, 7) is 2.02. The van der Waals surface area contributed by atoms with Crippen LogP contribution in [0.3, 0.4) is 0 Å². The van der Waals surface area contributed by atoms with E-state index in [1.165, 1.54) is 11.1 Å². The average Bonchev–Trinajstić information content (AvgIpc) is 2.97. The predicted octanol–water partition coefficient (Wildman–Crippen LogP) is 3.38. The molecule has 2 heterocycles. The van der Waals surface area contributed by atoms with Crippen molar-refractivity contribution in [3.8, 4) is 0 Å². The van der Waals surface area contributed by atoms with Crippen LogP contribution in [0.1, 0.15) is 36.8 Å². The first-order valence-corrected chi connectivity index (χ1v) is 14.1. The predicted molar refractivity (Wildman–Crippen MR) is 157 cm³/mol. The molecule has 5 rings (SSSR count). The van der Waals surface area contributed by atoms with Gasteiger partial charge in [0.25, 0.3) is 0 Å². The molecule has 8 heteroatoms. The minimum atomic E-state index is -0.596. The Bertz CT molecular complexity index is 1180. The zero-order valence-corrected chi connectivity index (χ0v) is 23.6. The molecule has 1 unspecified atom stereocenters. The fourth-order valence-corrected chi connectivity index (χ4v) is 5.58. The van der Waals surface area contributed by atoms with Gasteiger partial charge in [0.05, 0.1) is 13.1 Å². The maximum Gasteiger partial charge on any atom is 0.245 e. The summed E-state index contributed by atoms with van der Waals surface area (Å²) in [7, 11) is 3.69. The minimum Gasteiger partial charge on any atom is -0.337 e. The minimum absolute atomic E-state index is 0.0265. The zero-order valence-electron chi connectivity index (χ0n) is 23.6. The molecule has 2 saturated heterocycles. The van der Waals surface area contributed by atoms with Gasteiger partial charge in [0, 0.05) is 26.6 Å². The Morgan fingerprint density at radius 1 is 1.00 bits per heavy atom. The molecule has 3 amide bonds. The molecule has 0 bridgehead atoms. The third kappa shape index (κ3) is 7.46. The number of benzene rings is 2. The van der Waals surface area contributed by atoms with Crippen molar-refractivity contribution in [3.63, 3.8) is 0 Å². The number of carbonyl (C=O) groups excluding carboxylic acids is 3. The van der Waals surface area contributed by atoms with Crippen molar-refractivity contribution in [2.75, 3.05) is 33.7 Å². The molecule has 0 saturated carbocycles. The van der Waals surface area contributed by atoms with E-state index in [0.717, 1.165) is 44.2 Å². The Morgan fingerprint density at radius 3 is 2.33 bits per heavy atom. The van der Waals surface area contributed by atoms with Crippen molar-refractivity contribution in [1.82, 2.24) is 25.1 Å². The summed E-state index contributed by atoms with van der Waals surface area (Å²) in [6, 6.07) is 19.5. The molecule has 1 N–H and O–H groups in total. The van der Waals surface area contributed by atoms with Crippen molar-refractivity contribution in [3.05, 3.63) is 95.6 Å². The molecule has 2 aromatic carbocycles. The van der Waals surface area contributed by atoms with Gasteiger partial charge >= 0.3 is 0 Å². The number of nitrogens with one attached hydrogen (secondary N) is 1. The summed E-state index contributed by atoms with van der Waals surface area (Å²) in [5.74, 6) is -0.139. The summed E-state index contributed by atoms with van der Waals surface area (Å²) in [6.07, 6.45) is 11.2. The normalized spacial score (nSPS) is 20.9. The van der Waals surface area contributed by atoms with Gasteiger partial charge in [0.2, 0.25) is 18.2 Å². The van der Waals surface area contributed by atoms with E-state index in [4.69, 9.17) is 0 Å². The number of piperazine rings is 1. The lowest BCUT2D eigenvalue weighted by molar-refractivity contribution is -0.196. The van der Waals surface area contributed by atoms with Crippen LogP contribution in [0.25, 0.3) is 0 Å². The fourth-order valence-electron chi connectivity index (χ4n) is 5.58. The van der Waals surface area contributed by atoms with Crippen LogP contribution in [-0.4, -0.2) is 84.0 Å². The molecule has 3 aliphatic rings. The van der Waals surface area contributed by atoms with Gasteiger partial charge in [-0.05, 0) is 43.9 Å². The summed E-state index contributed by atoms with van der Waals surface area (Å²) >= 11 is 0. The third-order valence-corrected chi connectivity index (χ3v) is 7.62. The largest absolute Gasteiger partial charge is 0.337 e. The number of hydrogen-bond acceptors (Lipinski definition) is 5. The third-order valence-electron chi connectivity index (χ3n) is 7.62. The highest BCUT2D eigenvalue weighted by atomic mass is 16.2. The Balaban J connectivity index is 0.000000350. The van der Waals surface area contributed by atoms with Crippen LogP contribution in [0.15, 0.2) is 84.5 Å². The monoisotopic (exact) mass is 543 g/mol. The lowest BCUT2D eigenvalue weighted by Gasteiger charge is -2.53. The van der Waals surface area contributed by atoms with Gasteiger partial charge in [-0.2, -0.15) is 0 Å². The second kappa shape index (κ2) is 14.6. The van der Waals surface area contributed by atoms with Gasteiger partial charge in [0.1, 0.15) is 12.2 Å². The van der Waals surface area contributed by atoms with Crippen molar-refractivity contribution in [2.45, 2.75) is 50.9 Å². The average molecular weight is 544 g/mol. The number of rotatable bonds is 9. The van der Waals surface area contributed by atoms with Crippen molar-refractivity contribution >= 4 is 18.2 Å². The van der Waals surface area contributed by atoms with Gasteiger partial charge in [0.15, 0.2) is 0 Å². The molecule has 1 aliphatic carbocycles. The zero-order chi connectivity index (χ0) is 28.3. The van der Waals surface area contributed by atoms with Gasteiger partial charge in [-0.3, -0.25) is 19.4 Å². The molecule has 2 fully saturated rings. The van der Waals surface area contributed by atoms with E-state index in [0.29, 0.717) is 19.5 Å². The second-order valence-electron chi connectivity index (χ2n) is 10.5. The molecular weight excluding hydrogens is 502 g/mol. The van der Waals surface area contributed by atoms with E-state index >= 15 is 0 Å². The molecule has 2 atom stereocenters. The maximum absolute atomic E-state index is 13.5. The summed E-state index contributed by atoms with van der Waals surface area (Å²) in [5, 5.41) is 6.27. The molecule has 2 aromatic rings. The Labute approximate surface area is 237 Å². The summed E-state index contributed by atoms with van der Waals surface area (Å²) in [4.78, 5) is 41.7. The lowest BCUT2D eigenvalue weighted by Crippen LogP contribution is -2.74. The van der Waals surface area contributed by atoms with Crippen molar-refractivity contribution in [1.29, 1.82) is 0 Å².